The molecule has 11 heteroatoms. The molecule has 180 valence electrons. The number of nitrogens with one attached hydrogen (secondary N) is 1. The van der Waals surface area contributed by atoms with E-state index < -0.39 is 34.2 Å². The molecule has 0 aliphatic heterocycles. The summed E-state index contributed by atoms with van der Waals surface area (Å²) in [6.45, 7) is 0.906. The van der Waals surface area contributed by atoms with Crippen LogP contribution in [-0.4, -0.2) is 28.0 Å². The highest BCUT2D eigenvalue weighted by Crippen LogP contribution is 2.35. The highest BCUT2D eigenvalue weighted by atomic mass is 127. The quantitative estimate of drug-likeness (QED) is 0.364. The predicted octanol–water partition coefficient (Wildman–Crippen LogP) is 5.46. The summed E-state index contributed by atoms with van der Waals surface area (Å²) >= 11 is 2.09. The number of benzene rings is 3. The number of anilines is 2. The van der Waals surface area contributed by atoms with Crippen LogP contribution in [0.3, 0.4) is 0 Å². The van der Waals surface area contributed by atoms with Crippen LogP contribution in [0.1, 0.15) is 11.1 Å². The molecule has 0 heterocycles. The number of carbonyl (C=O) groups is 1. The van der Waals surface area contributed by atoms with E-state index >= 15 is 0 Å². The minimum Gasteiger partial charge on any atom is -0.495 e. The van der Waals surface area contributed by atoms with Gasteiger partial charge in [-0.15, -0.1) is 0 Å². The number of aryl methyl sites for hydroxylation is 1. The fourth-order valence-corrected chi connectivity index (χ4v) is 5.14. The van der Waals surface area contributed by atoms with E-state index in [0.29, 0.717) is 21.6 Å². The van der Waals surface area contributed by atoms with Crippen molar-refractivity contribution in [2.75, 3.05) is 23.3 Å². The Labute approximate surface area is 208 Å². The average molecular weight is 604 g/mol. The van der Waals surface area contributed by atoms with E-state index in [4.69, 9.17) is 4.74 Å². The van der Waals surface area contributed by atoms with Crippen molar-refractivity contribution < 1.29 is 31.1 Å². The Bertz CT molecular complexity index is 1300. The molecule has 0 radical (unpaired) electrons. The fraction of sp³-hybridized carbons (Fsp3) is 0.174. The smallest absolute Gasteiger partial charge is 0.416 e. The first-order chi connectivity index (χ1) is 15.9. The van der Waals surface area contributed by atoms with Crippen molar-refractivity contribution >= 4 is 49.9 Å². The molecular formula is C23H20F3IN2O4S. The van der Waals surface area contributed by atoms with Gasteiger partial charge in [-0.2, -0.15) is 13.2 Å². The number of halogens is 4. The number of sulfonamides is 1. The lowest BCUT2D eigenvalue weighted by Gasteiger charge is -2.26. The van der Waals surface area contributed by atoms with Crippen LogP contribution in [0, 0.1) is 10.5 Å². The minimum absolute atomic E-state index is 0.000573. The molecule has 0 saturated carbocycles. The first-order valence-corrected chi connectivity index (χ1v) is 12.3. The van der Waals surface area contributed by atoms with Crippen molar-refractivity contribution in [3.8, 4) is 5.75 Å². The van der Waals surface area contributed by atoms with Gasteiger partial charge in [0.25, 0.3) is 10.0 Å². The van der Waals surface area contributed by atoms with E-state index in [0.717, 1.165) is 15.7 Å². The molecular weight excluding hydrogens is 584 g/mol. The number of methoxy groups -OCH3 is 1. The molecule has 0 aromatic heterocycles. The van der Waals surface area contributed by atoms with E-state index in [2.05, 4.69) is 27.9 Å². The van der Waals surface area contributed by atoms with E-state index in [1.165, 1.54) is 25.3 Å². The maximum atomic E-state index is 13.6. The van der Waals surface area contributed by atoms with Crippen LogP contribution in [-0.2, 0) is 21.0 Å². The van der Waals surface area contributed by atoms with E-state index in [-0.39, 0.29) is 16.3 Å². The van der Waals surface area contributed by atoms with Crippen molar-refractivity contribution in [3.63, 3.8) is 0 Å². The molecule has 1 amide bonds. The molecule has 0 bridgehead atoms. The van der Waals surface area contributed by atoms with Crippen LogP contribution in [0.4, 0.5) is 24.5 Å². The molecule has 0 saturated heterocycles. The third kappa shape index (κ3) is 6.00. The van der Waals surface area contributed by atoms with Crippen molar-refractivity contribution in [1.82, 2.24) is 0 Å². The molecule has 0 fully saturated rings. The van der Waals surface area contributed by atoms with Crippen LogP contribution < -0.4 is 14.4 Å². The topological polar surface area (TPSA) is 75.7 Å². The molecule has 0 spiro atoms. The highest BCUT2D eigenvalue weighted by Gasteiger charge is 2.34. The van der Waals surface area contributed by atoms with Crippen molar-refractivity contribution in [2.45, 2.75) is 18.0 Å². The van der Waals surface area contributed by atoms with E-state index in [9.17, 15) is 26.4 Å². The number of carbonyl (C=O) groups excluding carboxylic acids is 1. The molecule has 3 aromatic rings. The molecule has 0 aliphatic rings. The van der Waals surface area contributed by atoms with Crippen LogP contribution >= 0.6 is 22.6 Å². The predicted molar refractivity (Wildman–Crippen MR) is 131 cm³/mol. The summed E-state index contributed by atoms with van der Waals surface area (Å²) in [6, 6.07) is 15.0. The zero-order chi connectivity index (χ0) is 25.1. The number of nitrogens with zero attached hydrogens (tertiary/aromatic N) is 1. The Morgan fingerprint density at radius 1 is 1.06 bits per heavy atom. The van der Waals surface area contributed by atoms with Gasteiger partial charge in [-0.25, -0.2) is 8.42 Å². The van der Waals surface area contributed by atoms with Gasteiger partial charge in [0, 0.05) is 9.26 Å². The third-order valence-corrected chi connectivity index (χ3v) is 7.28. The van der Waals surface area contributed by atoms with Crippen LogP contribution in [0.2, 0.25) is 0 Å². The van der Waals surface area contributed by atoms with Gasteiger partial charge in [0.1, 0.15) is 17.2 Å². The Morgan fingerprint density at radius 2 is 1.74 bits per heavy atom. The molecule has 6 nitrogen and oxygen atoms in total. The lowest BCUT2D eigenvalue weighted by molar-refractivity contribution is -0.137. The second-order valence-electron chi connectivity index (χ2n) is 7.27. The number of alkyl halides is 3. The van der Waals surface area contributed by atoms with Crippen molar-refractivity contribution in [3.05, 3.63) is 81.4 Å². The number of rotatable bonds is 7. The van der Waals surface area contributed by atoms with E-state index in [1.54, 1.807) is 37.3 Å². The van der Waals surface area contributed by atoms with Gasteiger partial charge in [0.15, 0.2) is 0 Å². The first kappa shape index (κ1) is 25.8. The monoisotopic (exact) mass is 604 g/mol. The SMILES string of the molecule is COc1ccc(C)cc1S(=O)(=O)N(CC(=O)Nc1ccc(I)cc1)c1cccc(C(F)(F)F)c1. The van der Waals surface area contributed by atoms with Gasteiger partial charge in [0.05, 0.1) is 18.4 Å². The summed E-state index contributed by atoms with van der Waals surface area (Å²) in [7, 11) is -3.22. The van der Waals surface area contributed by atoms with E-state index in [1.807, 2.05) is 0 Å². The summed E-state index contributed by atoms with van der Waals surface area (Å²) in [6.07, 6.45) is -4.70. The first-order valence-electron chi connectivity index (χ1n) is 9.82. The zero-order valence-electron chi connectivity index (χ0n) is 18.1. The standard InChI is InChI=1S/C23H20F3IN2O4S/c1-15-6-11-20(33-2)21(12-15)34(31,32)29(19-5-3-4-16(13-19)23(24,25)26)14-22(30)28-18-9-7-17(27)8-10-18/h3-13H,14H2,1-2H3,(H,28,30). The highest BCUT2D eigenvalue weighted by molar-refractivity contribution is 14.1. The Morgan fingerprint density at radius 3 is 2.35 bits per heavy atom. The maximum absolute atomic E-state index is 13.6. The largest absolute Gasteiger partial charge is 0.495 e. The summed E-state index contributed by atoms with van der Waals surface area (Å²) in [4.78, 5) is 12.5. The second-order valence-corrected chi connectivity index (χ2v) is 10.3. The van der Waals surface area contributed by atoms with Crippen molar-refractivity contribution in [2.24, 2.45) is 0 Å². The van der Waals surface area contributed by atoms with Crippen LogP contribution in [0.25, 0.3) is 0 Å². The molecule has 0 atom stereocenters. The minimum atomic E-state index is -4.70. The number of hydrogen-bond acceptors (Lipinski definition) is 4. The molecule has 3 aromatic carbocycles. The molecule has 1 N–H and O–H groups in total. The summed E-state index contributed by atoms with van der Waals surface area (Å²) in [5, 5.41) is 2.58. The Kier molecular flexibility index (Phi) is 7.76. The summed E-state index contributed by atoms with van der Waals surface area (Å²) in [5.74, 6) is -0.727. The number of hydrogen-bond donors (Lipinski definition) is 1. The van der Waals surface area contributed by atoms with Crippen LogP contribution in [0.5, 0.6) is 5.75 Å². The van der Waals surface area contributed by atoms with Gasteiger partial charge in [-0.1, -0.05) is 12.1 Å². The summed E-state index contributed by atoms with van der Waals surface area (Å²) in [5.41, 5.74) is -0.345. The van der Waals surface area contributed by atoms with Crippen molar-refractivity contribution in [1.29, 1.82) is 0 Å². The second kappa shape index (κ2) is 10.2. The van der Waals surface area contributed by atoms with Crippen LogP contribution in [0.15, 0.2) is 71.6 Å². The number of amides is 1. The van der Waals surface area contributed by atoms with Gasteiger partial charge in [-0.05, 0) is 89.7 Å². The van der Waals surface area contributed by atoms with Gasteiger partial charge in [-0.3, -0.25) is 9.10 Å². The molecule has 0 unspecified atom stereocenters. The summed E-state index contributed by atoms with van der Waals surface area (Å²) < 4.78 is 74.0. The zero-order valence-corrected chi connectivity index (χ0v) is 21.0. The Hall–Kier alpha value is -2.80. The normalized spacial score (nSPS) is 11.7. The average Bonchev–Trinajstić information content (AvgIpc) is 2.78. The molecule has 3 rings (SSSR count). The lowest BCUT2D eigenvalue weighted by atomic mass is 10.2. The number of ether oxygens (including phenoxy) is 1. The molecule has 34 heavy (non-hydrogen) atoms. The van der Waals surface area contributed by atoms with Gasteiger partial charge in [0.2, 0.25) is 5.91 Å². The van der Waals surface area contributed by atoms with Gasteiger partial charge >= 0.3 is 6.18 Å². The maximum Gasteiger partial charge on any atom is 0.416 e. The lowest BCUT2D eigenvalue weighted by Crippen LogP contribution is -2.38. The van der Waals surface area contributed by atoms with Gasteiger partial charge < -0.3 is 10.1 Å². The Balaban J connectivity index is 2.08. The molecule has 0 aliphatic carbocycles. The fourth-order valence-electron chi connectivity index (χ4n) is 3.12. The third-order valence-electron chi connectivity index (χ3n) is 4.76.